The fraction of sp³-hybridized carbons (Fsp3) is 0.0714. The highest BCUT2D eigenvalue weighted by molar-refractivity contribution is 9.10. The van der Waals surface area contributed by atoms with Gasteiger partial charge in [0, 0.05) is 24.5 Å². The van der Waals surface area contributed by atoms with Crippen molar-refractivity contribution < 1.29 is 0 Å². The Labute approximate surface area is 140 Å². The molecule has 0 saturated carbocycles. The van der Waals surface area contributed by atoms with Crippen LogP contribution in [-0.4, -0.2) is 30.4 Å². The lowest BCUT2D eigenvalue weighted by Crippen LogP contribution is -1.96. The molecule has 2 aromatic heterocycles. The van der Waals surface area contributed by atoms with Gasteiger partial charge in [-0.2, -0.15) is 15.6 Å². The minimum absolute atomic E-state index is 0.241. The summed E-state index contributed by atoms with van der Waals surface area (Å²) in [5.41, 5.74) is 3.07. The third kappa shape index (κ3) is 3.12. The van der Waals surface area contributed by atoms with Crippen LogP contribution in [0, 0.1) is 11.3 Å². The first-order valence-electron chi connectivity index (χ1n) is 6.57. The molecule has 3 rings (SSSR count). The van der Waals surface area contributed by atoms with E-state index in [4.69, 9.17) is 5.26 Å². The number of tetrazole rings is 1. The Balaban J connectivity index is 1.88. The standard InChI is InChI=1S/C14H11BrN8/c1-23-13(12(15)8-18-23)9-3-2-4-11(5-9)17-7-10(6-16)14-19-21-22-20-14/h2-5,7-8,17H,1H3,(H,19,20,21,22). The van der Waals surface area contributed by atoms with E-state index in [1.807, 2.05) is 37.4 Å². The number of nitrogens with zero attached hydrogens (tertiary/aromatic N) is 6. The normalized spacial score (nSPS) is 11.3. The Kier molecular flexibility index (Phi) is 4.16. The number of allylic oxidation sites excluding steroid dienone is 1. The van der Waals surface area contributed by atoms with Gasteiger partial charge in [0.1, 0.15) is 11.6 Å². The van der Waals surface area contributed by atoms with Crippen molar-refractivity contribution in [1.82, 2.24) is 30.4 Å². The monoisotopic (exact) mass is 370 g/mol. The summed E-state index contributed by atoms with van der Waals surface area (Å²) in [5.74, 6) is 0.241. The minimum atomic E-state index is 0.241. The molecule has 0 radical (unpaired) electrons. The third-order valence-electron chi connectivity index (χ3n) is 3.12. The van der Waals surface area contributed by atoms with Gasteiger partial charge in [-0.25, -0.2) is 0 Å². The number of aromatic nitrogens is 6. The second kappa shape index (κ2) is 6.41. The van der Waals surface area contributed by atoms with E-state index in [9.17, 15) is 0 Å². The summed E-state index contributed by atoms with van der Waals surface area (Å²) in [6, 6.07) is 9.80. The maximum absolute atomic E-state index is 9.16. The Morgan fingerprint density at radius 1 is 1.48 bits per heavy atom. The highest BCUT2D eigenvalue weighted by atomic mass is 79.9. The molecular formula is C14H11BrN8. The van der Waals surface area contributed by atoms with Crippen molar-refractivity contribution >= 4 is 27.2 Å². The molecule has 2 N–H and O–H groups in total. The van der Waals surface area contributed by atoms with E-state index in [1.165, 1.54) is 0 Å². The molecule has 0 spiro atoms. The average Bonchev–Trinajstić information content (AvgIpc) is 3.19. The minimum Gasteiger partial charge on any atom is -0.360 e. The Morgan fingerprint density at radius 3 is 3.00 bits per heavy atom. The predicted octanol–water partition coefficient (Wildman–Crippen LogP) is 2.34. The summed E-state index contributed by atoms with van der Waals surface area (Å²) >= 11 is 3.49. The molecule has 0 saturated heterocycles. The van der Waals surface area contributed by atoms with Crippen molar-refractivity contribution in [3.8, 4) is 17.3 Å². The van der Waals surface area contributed by atoms with E-state index in [2.05, 4.69) is 47.0 Å². The summed E-state index contributed by atoms with van der Waals surface area (Å²) in [5, 5.41) is 29.8. The second-order valence-corrected chi connectivity index (χ2v) is 5.45. The maximum atomic E-state index is 9.16. The van der Waals surface area contributed by atoms with Crippen LogP contribution >= 0.6 is 15.9 Å². The summed E-state index contributed by atoms with van der Waals surface area (Å²) in [4.78, 5) is 0. The number of anilines is 1. The largest absolute Gasteiger partial charge is 0.360 e. The Hall–Kier alpha value is -2.99. The quantitative estimate of drug-likeness (QED) is 0.682. The molecule has 3 aromatic rings. The van der Waals surface area contributed by atoms with Crippen molar-refractivity contribution in [2.24, 2.45) is 7.05 Å². The molecule has 0 aliphatic rings. The van der Waals surface area contributed by atoms with Crippen molar-refractivity contribution in [2.45, 2.75) is 0 Å². The smallest absolute Gasteiger partial charge is 0.216 e. The fourth-order valence-electron chi connectivity index (χ4n) is 2.07. The SMILES string of the molecule is Cn1ncc(Br)c1-c1cccc(NC=C(C#N)c2nn[nH]n2)c1. The van der Waals surface area contributed by atoms with Crippen LogP contribution in [0.4, 0.5) is 5.69 Å². The second-order valence-electron chi connectivity index (χ2n) is 4.60. The van der Waals surface area contributed by atoms with E-state index in [0.717, 1.165) is 21.4 Å². The Bertz CT molecular complexity index is 868. The molecule has 0 unspecified atom stereocenters. The van der Waals surface area contributed by atoms with E-state index < -0.39 is 0 Å². The third-order valence-corrected chi connectivity index (χ3v) is 3.70. The zero-order valence-corrected chi connectivity index (χ0v) is 13.6. The maximum Gasteiger partial charge on any atom is 0.216 e. The zero-order chi connectivity index (χ0) is 16.2. The van der Waals surface area contributed by atoms with Gasteiger partial charge < -0.3 is 5.32 Å². The molecule has 8 nitrogen and oxygen atoms in total. The van der Waals surface area contributed by atoms with E-state index in [1.54, 1.807) is 17.1 Å². The van der Waals surface area contributed by atoms with E-state index in [0.29, 0.717) is 0 Å². The number of rotatable bonds is 4. The first-order chi connectivity index (χ1) is 11.2. The molecule has 0 amide bonds. The van der Waals surface area contributed by atoms with Crippen LogP contribution in [0.15, 0.2) is 41.1 Å². The van der Waals surface area contributed by atoms with Crippen LogP contribution in [-0.2, 0) is 7.05 Å². The average molecular weight is 371 g/mol. The number of benzene rings is 1. The molecule has 9 heteroatoms. The van der Waals surface area contributed by atoms with Crippen LogP contribution in [0.25, 0.3) is 16.8 Å². The number of nitrogens with one attached hydrogen (secondary N) is 2. The molecule has 0 atom stereocenters. The van der Waals surface area contributed by atoms with Gasteiger partial charge in [0.05, 0.1) is 16.4 Å². The molecular weight excluding hydrogens is 360 g/mol. The topological polar surface area (TPSA) is 108 Å². The highest BCUT2D eigenvalue weighted by Crippen LogP contribution is 2.29. The Morgan fingerprint density at radius 2 is 2.35 bits per heavy atom. The molecule has 0 fully saturated rings. The molecule has 0 bridgehead atoms. The van der Waals surface area contributed by atoms with Crippen molar-refractivity contribution in [1.29, 1.82) is 5.26 Å². The number of aromatic amines is 1. The molecule has 2 heterocycles. The molecule has 114 valence electrons. The lowest BCUT2D eigenvalue weighted by atomic mass is 10.1. The summed E-state index contributed by atoms with van der Waals surface area (Å²) in [7, 11) is 1.88. The van der Waals surface area contributed by atoms with Crippen LogP contribution < -0.4 is 5.32 Å². The van der Waals surface area contributed by atoms with Crippen LogP contribution in [0.3, 0.4) is 0 Å². The lowest BCUT2D eigenvalue weighted by Gasteiger charge is -2.07. The summed E-state index contributed by atoms with van der Waals surface area (Å²) in [6.07, 6.45) is 3.29. The number of hydrogen-bond acceptors (Lipinski definition) is 6. The highest BCUT2D eigenvalue weighted by Gasteiger charge is 2.09. The van der Waals surface area contributed by atoms with E-state index in [-0.39, 0.29) is 11.4 Å². The molecule has 0 aliphatic heterocycles. The van der Waals surface area contributed by atoms with Crippen LogP contribution in [0.5, 0.6) is 0 Å². The number of aryl methyl sites for hydroxylation is 1. The van der Waals surface area contributed by atoms with Crippen LogP contribution in [0.1, 0.15) is 5.82 Å². The van der Waals surface area contributed by atoms with Gasteiger partial charge in [0.15, 0.2) is 0 Å². The van der Waals surface area contributed by atoms with Crippen molar-refractivity contribution in [3.63, 3.8) is 0 Å². The van der Waals surface area contributed by atoms with Gasteiger partial charge in [-0.1, -0.05) is 12.1 Å². The molecule has 1 aromatic carbocycles. The summed E-state index contributed by atoms with van der Waals surface area (Å²) in [6.45, 7) is 0. The van der Waals surface area contributed by atoms with Crippen molar-refractivity contribution in [3.05, 3.63) is 47.0 Å². The van der Waals surface area contributed by atoms with Gasteiger partial charge in [-0.15, -0.1) is 10.2 Å². The number of halogens is 1. The molecule has 23 heavy (non-hydrogen) atoms. The number of H-pyrrole nitrogens is 1. The van der Waals surface area contributed by atoms with Gasteiger partial charge in [0.25, 0.3) is 0 Å². The lowest BCUT2D eigenvalue weighted by molar-refractivity contribution is 0.776. The van der Waals surface area contributed by atoms with Crippen LogP contribution in [0.2, 0.25) is 0 Å². The summed E-state index contributed by atoms with van der Waals surface area (Å²) < 4.78 is 2.70. The predicted molar refractivity (Wildman–Crippen MR) is 87.7 cm³/mol. The van der Waals surface area contributed by atoms with Gasteiger partial charge in [-0.3, -0.25) is 4.68 Å². The van der Waals surface area contributed by atoms with Gasteiger partial charge in [-0.05, 0) is 33.3 Å². The van der Waals surface area contributed by atoms with Crippen molar-refractivity contribution in [2.75, 3.05) is 5.32 Å². The molecule has 0 aliphatic carbocycles. The fourth-order valence-corrected chi connectivity index (χ4v) is 2.65. The van der Waals surface area contributed by atoms with Gasteiger partial charge >= 0.3 is 0 Å². The first-order valence-corrected chi connectivity index (χ1v) is 7.37. The number of nitriles is 1. The number of hydrogen-bond donors (Lipinski definition) is 2. The van der Waals surface area contributed by atoms with E-state index >= 15 is 0 Å². The van der Waals surface area contributed by atoms with Gasteiger partial charge in [0.2, 0.25) is 5.82 Å². The first kappa shape index (κ1) is 14.9. The zero-order valence-electron chi connectivity index (χ0n) is 12.0.